The van der Waals surface area contributed by atoms with Crippen LogP contribution in [-0.2, 0) is 13.5 Å². The van der Waals surface area contributed by atoms with E-state index in [9.17, 15) is 5.11 Å². The van der Waals surface area contributed by atoms with E-state index in [0.717, 1.165) is 11.4 Å². The summed E-state index contributed by atoms with van der Waals surface area (Å²) in [6.45, 7) is 3.38. The Bertz CT molecular complexity index is 295. The molecule has 2 rings (SSSR count). The van der Waals surface area contributed by atoms with Crippen molar-refractivity contribution < 1.29 is 5.11 Å². The van der Waals surface area contributed by atoms with E-state index in [1.54, 1.807) is 0 Å². The zero-order valence-electron chi connectivity index (χ0n) is 8.04. The van der Waals surface area contributed by atoms with Crippen molar-refractivity contribution in [2.24, 2.45) is 7.05 Å². The third-order valence-corrected chi connectivity index (χ3v) is 2.58. The summed E-state index contributed by atoms with van der Waals surface area (Å²) in [5, 5.41) is 17.2. The van der Waals surface area contributed by atoms with Crippen molar-refractivity contribution in [3.63, 3.8) is 0 Å². The molecule has 0 aromatic carbocycles. The Morgan fingerprint density at radius 2 is 2.38 bits per heavy atom. The maximum Gasteiger partial charge on any atom is 0.0950 e. The van der Waals surface area contributed by atoms with Gasteiger partial charge in [-0.15, -0.1) is 0 Å². The first-order valence-electron chi connectivity index (χ1n) is 4.52. The predicted octanol–water partition coefficient (Wildman–Crippen LogP) is -0.395. The van der Waals surface area contributed by atoms with Gasteiger partial charge >= 0.3 is 0 Å². The number of hydrogen-bond donors (Lipinski definition) is 2. The molecule has 0 saturated carbocycles. The highest BCUT2D eigenvalue weighted by atomic mass is 16.3. The fourth-order valence-electron chi connectivity index (χ4n) is 1.60. The van der Waals surface area contributed by atoms with Crippen LogP contribution in [0.4, 0.5) is 0 Å². The van der Waals surface area contributed by atoms with Gasteiger partial charge < -0.3 is 10.4 Å². The summed E-state index contributed by atoms with van der Waals surface area (Å²) in [6.07, 6.45) is 0.654. The normalized spacial score (nSPS) is 19.9. The molecule has 2 N–H and O–H groups in total. The lowest BCUT2D eigenvalue weighted by Crippen LogP contribution is -2.60. The molecule has 4 nitrogen and oxygen atoms in total. The van der Waals surface area contributed by atoms with Crippen LogP contribution in [-0.4, -0.2) is 33.6 Å². The standard InChI is InChI=1S/C9H15N3O/c1-7-3-8(11-12(7)2)4-9(13)5-10-6-9/h3,10,13H,4-6H2,1-2H3. The van der Waals surface area contributed by atoms with Gasteiger partial charge in [-0.25, -0.2) is 0 Å². The quantitative estimate of drug-likeness (QED) is 0.653. The molecule has 0 aliphatic carbocycles. The molecule has 4 heteroatoms. The third-order valence-electron chi connectivity index (χ3n) is 2.58. The van der Waals surface area contributed by atoms with Crippen molar-refractivity contribution in [2.75, 3.05) is 13.1 Å². The number of rotatable bonds is 2. The topological polar surface area (TPSA) is 50.1 Å². The minimum atomic E-state index is -0.555. The SMILES string of the molecule is Cc1cc(CC2(O)CNC2)nn1C. The number of aryl methyl sites for hydroxylation is 2. The van der Waals surface area contributed by atoms with Crippen LogP contribution >= 0.6 is 0 Å². The average Bonchev–Trinajstić information content (AvgIpc) is 2.28. The van der Waals surface area contributed by atoms with Crippen LogP contribution in [0.5, 0.6) is 0 Å². The Balaban J connectivity index is 2.09. The van der Waals surface area contributed by atoms with E-state index in [-0.39, 0.29) is 0 Å². The van der Waals surface area contributed by atoms with Crippen molar-refractivity contribution in [2.45, 2.75) is 18.9 Å². The summed E-state index contributed by atoms with van der Waals surface area (Å²) < 4.78 is 1.84. The number of aliphatic hydroxyl groups is 1. The van der Waals surface area contributed by atoms with E-state index < -0.39 is 5.60 Å². The maximum atomic E-state index is 9.85. The van der Waals surface area contributed by atoms with Gasteiger partial charge in [-0.2, -0.15) is 5.10 Å². The first kappa shape index (κ1) is 8.72. The van der Waals surface area contributed by atoms with Gasteiger partial charge in [-0.3, -0.25) is 4.68 Å². The van der Waals surface area contributed by atoms with E-state index in [4.69, 9.17) is 0 Å². The molecule has 1 aliphatic heterocycles. The Labute approximate surface area is 77.6 Å². The van der Waals surface area contributed by atoms with Crippen molar-refractivity contribution in [1.82, 2.24) is 15.1 Å². The van der Waals surface area contributed by atoms with E-state index in [0.29, 0.717) is 19.5 Å². The molecular formula is C9H15N3O. The average molecular weight is 181 g/mol. The maximum absolute atomic E-state index is 9.85. The van der Waals surface area contributed by atoms with Crippen molar-refractivity contribution in [3.8, 4) is 0 Å². The largest absolute Gasteiger partial charge is 0.387 e. The molecule has 0 unspecified atom stereocenters. The number of nitrogens with zero attached hydrogens (tertiary/aromatic N) is 2. The molecule has 0 atom stereocenters. The summed E-state index contributed by atoms with van der Waals surface area (Å²) in [4.78, 5) is 0. The zero-order chi connectivity index (χ0) is 9.47. The summed E-state index contributed by atoms with van der Waals surface area (Å²) in [5.41, 5.74) is 1.55. The monoisotopic (exact) mass is 181 g/mol. The molecule has 1 saturated heterocycles. The van der Waals surface area contributed by atoms with Crippen LogP contribution < -0.4 is 5.32 Å². The minimum absolute atomic E-state index is 0.555. The molecule has 0 bridgehead atoms. The second-order valence-corrected chi connectivity index (χ2v) is 3.91. The molecule has 1 aliphatic rings. The van der Waals surface area contributed by atoms with E-state index in [1.807, 2.05) is 24.7 Å². The van der Waals surface area contributed by atoms with E-state index in [1.165, 1.54) is 0 Å². The molecule has 1 aromatic heterocycles. The van der Waals surface area contributed by atoms with Gasteiger partial charge in [0.25, 0.3) is 0 Å². The Morgan fingerprint density at radius 3 is 2.77 bits per heavy atom. The number of β-amino-alcohol motifs (C(OH)–C–C–N with tert-alkyl or cyclic N) is 1. The molecule has 0 spiro atoms. The lowest BCUT2D eigenvalue weighted by Gasteiger charge is -2.37. The zero-order valence-corrected chi connectivity index (χ0v) is 8.04. The number of nitrogens with one attached hydrogen (secondary N) is 1. The molecule has 2 heterocycles. The van der Waals surface area contributed by atoms with Gasteiger partial charge in [0.2, 0.25) is 0 Å². The summed E-state index contributed by atoms with van der Waals surface area (Å²) in [7, 11) is 1.92. The van der Waals surface area contributed by atoms with Crippen LogP contribution in [0.1, 0.15) is 11.4 Å². The van der Waals surface area contributed by atoms with Gasteiger partial charge in [0.1, 0.15) is 0 Å². The molecule has 0 amide bonds. The van der Waals surface area contributed by atoms with Crippen LogP contribution in [0, 0.1) is 6.92 Å². The predicted molar refractivity (Wildman–Crippen MR) is 49.5 cm³/mol. The highest BCUT2D eigenvalue weighted by Crippen LogP contribution is 2.17. The Kier molecular flexibility index (Phi) is 1.89. The summed E-state index contributed by atoms with van der Waals surface area (Å²) in [6, 6.07) is 2.02. The molecular weight excluding hydrogens is 166 g/mol. The number of hydrogen-bond acceptors (Lipinski definition) is 3. The van der Waals surface area contributed by atoms with Crippen molar-refractivity contribution in [3.05, 3.63) is 17.5 Å². The Morgan fingerprint density at radius 1 is 1.69 bits per heavy atom. The molecule has 1 fully saturated rings. The van der Waals surface area contributed by atoms with Crippen molar-refractivity contribution >= 4 is 0 Å². The highest BCUT2D eigenvalue weighted by Gasteiger charge is 2.34. The second-order valence-electron chi connectivity index (χ2n) is 3.91. The lowest BCUT2D eigenvalue weighted by molar-refractivity contribution is -0.00989. The first-order chi connectivity index (χ1) is 6.09. The van der Waals surface area contributed by atoms with E-state index in [2.05, 4.69) is 10.4 Å². The van der Waals surface area contributed by atoms with Crippen LogP contribution in [0.25, 0.3) is 0 Å². The molecule has 0 radical (unpaired) electrons. The van der Waals surface area contributed by atoms with Gasteiger partial charge in [-0.05, 0) is 13.0 Å². The Hall–Kier alpha value is -0.870. The van der Waals surface area contributed by atoms with Crippen LogP contribution in [0.15, 0.2) is 6.07 Å². The van der Waals surface area contributed by atoms with Gasteiger partial charge in [0.15, 0.2) is 0 Å². The second kappa shape index (κ2) is 2.82. The molecule has 72 valence electrons. The highest BCUT2D eigenvalue weighted by molar-refractivity contribution is 5.13. The van der Waals surface area contributed by atoms with Gasteiger partial charge in [0.05, 0.1) is 11.3 Å². The van der Waals surface area contributed by atoms with Crippen LogP contribution in [0.2, 0.25) is 0 Å². The molecule has 13 heavy (non-hydrogen) atoms. The third kappa shape index (κ3) is 1.59. The minimum Gasteiger partial charge on any atom is -0.387 e. The number of aromatic nitrogens is 2. The van der Waals surface area contributed by atoms with Crippen LogP contribution in [0.3, 0.4) is 0 Å². The van der Waals surface area contributed by atoms with Gasteiger partial charge in [-0.1, -0.05) is 0 Å². The van der Waals surface area contributed by atoms with Crippen molar-refractivity contribution in [1.29, 1.82) is 0 Å². The van der Waals surface area contributed by atoms with E-state index >= 15 is 0 Å². The summed E-state index contributed by atoms with van der Waals surface area (Å²) >= 11 is 0. The summed E-state index contributed by atoms with van der Waals surface area (Å²) in [5.74, 6) is 0. The molecule has 1 aromatic rings. The fourth-order valence-corrected chi connectivity index (χ4v) is 1.60. The smallest absolute Gasteiger partial charge is 0.0950 e. The lowest BCUT2D eigenvalue weighted by atomic mass is 9.91. The van der Waals surface area contributed by atoms with Gasteiger partial charge in [0, 0.05) is 32.3 Å². The fraction of sp³-hybridized carbons (Fsp3) is 0.667. The first-order valence-corrected chi connectivity index (χ1v) is 4.52.